The smallest absolute Gasteiger partial charge is 0.107 e. The third kappa shape index (κ3) is 3.12. The average molecular weight is 306 g/mol. The van der Waals surface area contributed by atoms with E-state index in [0.29, 0.717) is 0 Å². The molecule has 0 saturated carbocycles. The standard InChI is InChI=1S/C14H14N2S3/c1-10-9-19-13(16-10)8-15-14(11-4-2-6-17-11)12-5-3-7-18-12/h2-7,9,14-15H,8H2,1H3. The summed E-state index contributed by atoms with van der Waals surface area (Å²) in [6.45, 7) is 2.86. The summed E-state index contributed by atoms with van der Waals surface area (Å²) in [7, 11) is 0. The van der Waals surface area contributed by atoms with Gasteiger partial charge in [-0.2, -0.15) is 0 Å². The number of nitrogens with one attached hydrogen (secondary N) is 1. The highest BCUT2D eigenvalue weighted by Gasteiger charge is 2.16. The van der Waals surface area contributed by atoms with Gasteiger partial charge in [0.2, 0.25) is 0 Å². The third-order valence-electron chi connectivity index (χ3n) is 2.78. The summed E-state index contributed by atoms with van der Waals surface area (Å²) in [4.78, 5) is 7.22. The van der Waals surface area contributed by atoms with Crippen LogP contribution in [0.5, 0.6) is 0 Å². The second-order valence-electron chi connectivity index (χ2n) is 4.23. The minimum Gasteiger partial charge on any atom is -0.298 e. The maximum atomic E-state index is 4.51. The van der Waals surface area contributed by atoms with Gasteiger partial charge in [0.05, 0.1) is 6.04 Å². The van der Waals surface area contributed by atoms with Gasteiger partial charge in [-0.3, -0.25) is 5.32 Å². The van der Waals surface area contributed by atoms with E-state index >= 15 is 0 Å². The number of hydrogen-bond donors (Lipinski definition) is 1. The lowest BCUT2D eigenvalue weighted by Gasteiger charge is -2.15. The van der Waals surface area contributed by atoms with Crippen LogP contribution in [0.4, 0.5) is 0 Å². The summed E-state index contributed by atoms with van der Waals surface area (Å²) < 4.78 is 0. The Bertz CT molecular complexity index is 577. The van der Waals surface area contributed by atoms with Gasteiger partial charge in [0.1, 0.15) is 5.01 Å². The van der Waals surface area contributed by atoms with Crippen LogP contribution in [0.15, 0.2) is 40.4 Å². The van der Waals surface area contributed by atoms with Crippen molar-refractivity contribution in [3.05, 3.63) is 60.9 Å². The van der Waals surface area contributed by atoms with E-state index in [4.69, 9.17) is 0 Å². The van der Waals surface area contributed by atoms with Crippen molar-refractivity contribution >= 4 is 34.0 Å². The number of hydrogen-bond acceptors (Lipinski definition) is 5. The fraction of sp³-hybridized carbons (Fsp3) is 0.214. The average Bonchev–Trinajstić information content (AvgIpc) is 3.11. The van der Waals surface area contributed by atoms with E-state index in [2.05, 4.69) is 50.7 Å². The van der Waals surface area contributed by atoms with Crippen LogP contribution in [0, 0.1) is 6.92 Å². The summed E-state index contributed by atoms with van der Waals surface area (Å²) in [5.41, 5.74) is 1.10. The molecule has 3 rings (SSSR count). The third-order valence-corrected chi connectivity index (χ3v) is 5.62. The predicted molar refractivity (Wildman–Crippen MR) is 84.2 cm³/mol. The second-order valence-corrected chi connectivity index (χ2v) is 7.13. The fourth-order valence-electron chi connectivity index (χ4n) is 1.93. The van der Waals surface area contributed by atoms with E-state index in [9.17, 15) is 0 Å². The van der Waals surface area contributed by atoms with Crippen LogP contribution in [0.2, 0.25) is 0 Å². The number of nitrogens with zero attached hydrogens (tertiary/aromatic N) is 1. The molecule has 0 aliphatic rings. The molecule has 0 amide bonds. The van der Waals surface area contributed by atoms with Crippen LogP contribution in [-0.2, 0) is 6.54 Å². The Morgan fingerprint density at radius 2 is 1.79 bits per heavy atom. The van der Waals surface area contributed by atoms with E-state index in [1.54, 1.807) is 34.0 Å². The Labute approximate surface area is 124 Å². The highest BCUT2D eigenvalue weighted by molar-refractivity contribution is 7.11. The number of aromatic nitrogens is 1. The minimum atomic E-state index is 0.282. The summed E-state index contributed by atoms with van der Waals surface area (Å²) in [6.07, 6.45) is 0. The Hall–Kier alpha value is -1.01. The molecule has 0 radical (unpaired) electrons. The molecule has 0 atom stereocenters. The van der Waals surface area contributed by atoms with Crippen LogP contribution in [0.1, 0.15) is 26.5 Å². The van der Waals surface area contributed by atoms with Crippen LogP contribution in [0.25, 0.3) is 0 Å². The van der Waals surface area contributed by atoms with E-state index in [-0.39, 0.29) is 6.04 Å². The molecule has 0 fully saturated rings. The van der Waals surface area contributed by atoms with Crippen molar-refractivity contribution in [1.29, 1.82) is 0 Å². The lowest BCUT2D eigenvalue weighted by atomic mass is 10.2. The second kappa shape index (κ2) is 5.96. The number of thiophene rings is 2. The zero-order valence-corrected chi connectivity index (χ0v) is 12.9. The van der Waals surface area contributed by atoms with Gasteiger partial charge in [-0.25, -0.2) is 4.98 Å². The van der Waals surface area contributed by atoms with Gasteiger partial charge in [0.15, 0.2) is 0 Å². The molecule has 2 nitrogen and oxygen atoms in total. The largest absolute Gasteiger partial charge is 0.298 e. The molecule has 3 aromatic heterocycles. The molecule has 3 heterocycles. The monoisotopic (exact) mass is 306 g/mol. The van der Waals surface area contributed by atoms with Gasteiger partial charge in [-0.15, -0.1) is 34.0 Å². The van der Waals surface area contributed by atoms with Crippen molar-refractivity contribution in [2.75, 3.05) is 0 Å². The summed E-state index contributed by atoms with van der Waals surface area (Å²) in [5.74, 6) is 0. The normalized spacial score (nSPS) is 11.3. The molecule has 0 aromatic carbocycles. The first-order chi connectivity index (χ1) is 9.33. The molecular formula is C14H14N2S3. The van der Waals surface area contributed by atoms with Gasteiger partial charge in [-0.1, -0.05) is 12.1 Å². The molecule has 0 aliphatic carbocycles. The van der Waals surface area contributed by atoms with E-state index in [0.717, 1.165) is 17.2 Å². The van der Waals surface area contributed by atoms with Gasteiger partial charge in [0, 0.05) is 27.4 Å². The lowest BCUT2D eigenvalue weighted by molar-refractivity contribution is 0.619. The molecule has 5 heteroatoms. The zero-order valence-electron chi connectivity index (χ0n) is 10.5. The molecule has 0 saturated heterocycles. The highest BCUT2D eigenvalue weighted by atomic mass is 32.1. The van der Waals surface area contributed by atoms with Gasteiger partial charge in [0.25, 0.3) is 0 Å². The maximum absolute atomic E-state index is 4.51. The topological polar surface area (TPSA) is 24.9 Å². The molecule has 3 aromatic rings. The summed E-state index contributed by atoms with van der Waals surface area (Å²) >= 11 is 5.31. The van der Waals surface area contributed by atoms with E-state index < -0.39 is 0 Å². The molecule has 1 N–H and O–H groups in total. The first kappa shape index (κ1) is 13.0. The number of thiazole rings is 1. The van der Waals surface area contributed by atoms with Crippen molar-refractivity contribution in [3.63, 3.8) is 0 Å². The van der Waals surface area contributed by atoms with Crippen molar-refractivity contribution in [2.24, 2.45) is 0 Å². The predicted octanol–water partition coefficient (Wildman–Crippen LogP) is 4.45. The zero-order chi connectivity index (χ0) is 13.1. The van der Waals surface area contributed by atoms with Crippen LogP contribution < -0.4 is 5.32 Å². The quantitative estimate of drug-likeness (QED) is 0.753. The van der Waals surface area contributed by atoms with Gasteiger partial charge < -0.3 is 0 Å². The van der Waals surface area contributed by atoms with Crippen molar-refractivity contribution in [3.8, 4) is 0 Å². The molecule has 98 valence electrons. The van der Waals surface area contributed by atoms with Crippen molar-refractivity contribution in [1.82, 2.24) is 10.3 Å². The van der Waals surface area contributed by atoms with E-state index in [1.165, 1.54) is 9.75 Å². The number of rotatable bonds is 5. The van der Waals surface area contributed by atoms with Gasteiger partial charge in [-0.05, 0) is 29.8 Å². The van der Waals surface area contributed by atoms with E-state index in [1.807, 2.05) is 6.92 Å². The summed E-state index contributed by atoms with van der Waals surface area (Å²) in [6, 6.07) is 8.87. The molecule has 19 heavy (non-hydrogen) atoms. The summed E-state index contributed by atoms with van der Waals surface area (Å²) in [5, 5.41) is 11.1. The van der Waals surface area contributed by atoms with Gasteiger partial charge >= 0.3 is 0 Å². The fourth-order valence-corrected chi connectivity index (χ4v) is 4.36. The number of aryl methyl sites for hydroxylation is 1. The van der Waals surface area contributed by atoms with Crippen LogP contribution in [-0.4, -0.2) is 4.98 Å². The molecular weight excluding hydrogens is 292 g/mol. The Balaban J connectivity index is 1.77. The molecule has 0 aliphatic heterocycles. The molecule has 0 bridgehead atoms. The lowest BCUT2D eigenvalue weighted by Crippen LogP contribution is -2.20. The minimum absolute atomic E-state index is 0.282. The first-order valence-electron chi connectivity index (χ1n) is 6.04. The molecule has 0 spiro atoms. The van der Waals surface area contributed by atoms with Crippen molar-refractivity contribution in [2.45, 2.75) is 19.5 Å². The van der Waals surface area contributed by atoms with Crippen molar-refractivity contribution < 1.29 is 0 Å². The Kier molecular flexibility index (Phi) is 4.08. The van der Waals surface area contributed by atoms with Crippen LogP contribution in [0.3, 0.4) is 0 Å². The molecule has 0 unspecified atom stereocenters. The maximum Gasteiger partial charge on any atom is 0.107 e. The highest BCUT2D eigenvalue weighted by Crippen LogP contribution is 2.29. The first-order valence-corrected chi connectivity index (χ1v) is 8.68. The SMILES string of the molecule is Cc1csc(CNC(c2cccs2)c2cccs2)n1. The van der Waals surface area contributed by atoms with Crippen LogP contribution >= 0.6 is 34.0 Å². The Morgan fingerprint density at radius 1 is 1.11 bits per heavy atom. The Morgan fingerprint density at radius 3 is 2.26 bits per heavy atom.